The van der Waals surface area contributed by atoms with Crippen molar-refractivity contribution in [3.63, 3.8) is 0 Å². The fourth-order valence-corrected chi connectivity index (χ4v) is 6.94. The van der Waals surface area contributed by atoms with Crippen LogP contribution >= 0.6 is 11.3 Å². The normalized spacial score (nSPS) is 16.5. The van der Waals surface area contributed by atoms with E-state index in [2.05, 4.69) is 37.6 Å². The highest BCUT2D eigenvalue weighted by Crippen LogP contribution is 2.29. The number of nitrogens with one attached hydrogen (secondary N) is 2. The predicted molar refractivity (Wildman–Crippen MR) is 181 cm³/mol. The van der Waals surface area contributed by atoms with Gasteiger partial charge in [-0.25, -0.2) is 0 Å². The zero-order valence-electron chi connectivity index (χ0n) is 26.6. The van der Waals surface area contributed by atoms with Crippen LogP contribution < -0.4 is 15.5 Å². The number of nitrogens with zero attached hydrogens (tertiary/aromatic N) is 4. The Morgan fingerprint density at radius 1 is 0.933 bits per heavy atom. The summed E-state index contributed by atoms with van der Waals surface area (Å²) in [4.78, 5) is 30.0. The number of aromatic nitrogens is 2. The molecule has 10 heteroatoms. The number of ether oxygens (including phenoxy) is 1. The van der Waals surface area contributed by atoms with Gasteiger partial charge in [0.05, 0.1) is 13.0 Å². The lowest BCUT2D eigenvalue weighted by Gasteiger charge is -2.31. The highest BCUT2D eigenvalue weighted by atomic mass is 32.1. The Balaban J connectivity index is 0.954. The van der Waals surface area contributed by atoms with Crippen molar-refractivity contribution in [1.82, 2.24) is 20.4 Å². The molecule has 3 heterocycles. The minimum absolute atomic E-state index is 0.00846. The summed E-state index contributed by atoms with van der Waals surface area (Å²) in [6.45, 7) is 9.56. The van der Waals surface area contributed by atoms with Gasteiger partial charge < -0.3 is 25.2 Å². The smallest absolute Gasteiger partial charge is 0.251 e. The third kappa shape index (κ3) is 10.6. The van der Waals surface area contributed by atoms with Gasteiger partial charge in [-0.15, -0.1) is 10.2 Å². The van der Waals surface area contributed by atoms with E-state index in [-0.39, 0.29) is 11.8 Å². The van der Waals surface area contributed by atoms with Crippen LogP contribution in [0.5, 0.6) is 0 Å². The molecule has 0 bridgehead atoms. The SMILES string of the molecule is CCCCN1CCC(CNC(=O)c2cccc(COCCC3CCN(c4nnc(NC(=O)Cc5ccccc5)s4)CC3)c2)CC1. The van der Waals surface area contributed by atoms with Crippen LogP contribution in [0.2, 0.25) is 0 Å². The predicted octanol–water partition coefficient (Wildman–Crippen LogP) is 5.78. The number of hydrogen-bond donors (Lipinski definition) is 2. The van der Waals surface area contributed by atoms with E-state index in [4.69, 9.17) is 4.74 Å². The molecule has 0 spiro atoms. The summed E-state index contributed by atoms with van der Waals surface area (Å²) in [5.41, 5.74) is 2.71. The summed E-state index contributed by atoms with van der Waals surface area (Å²) >= 11 is 1.43. The number of carbonyl (C=O) groups excluding carboxylic acids is 2. The van der Waals surface area contributed by atoms with Crippen LogP contribution in [-0.2, 0) is 22.6 Å². The lowest BCUT2D eigenvalue weighted by Crippen LogP contribution is -2.39. The van der Waals surface area contributed by atoms with E-state index in [1.54, 1.807) is 0 Å². The molecule has 0 unspecified atom stereocenters. The van der Waals surface area contributed by atoms with Crippen LogP contribution in [0.15, 0.2) is 54.6 Å². The van der Waals surface area contributed by atoms with E-state index in [9.17, 15) is 9.59 Å². The molecule has 9 nitrogen and oxygen atoms in total. The Morgan fingerprint density at radius 3 is 2.47 bits per heavy atom. The van der Waals surface area contributed by atoms with Crippen molar-refractivity contribution in [2.45, 2.75) is 64.9 Å². The van der Waals surface area contributed by atoms with Crippen LogP contribution in [0.1, 0.15) is 73.4 Å². The fourth-order valence-electron chi connectivity index (χ4n) is 6.13. The summed E-state index contributed by atoms with van der Waals surface area (Å²) < 4.78 is 6.03. The van der Waals surface area contributed by atoms with Gasteiger partial charge in [0.1, 0.15) is 0 Å². The Hall–Kier alpha value is -3.34. The number of piperidine rings is 2. The van der Waals surface area contributed by atoms with E-state index in [1.807, 2.05) is 54.6 Å². The third-order valence-corrected chi connectivity index (χ3v) is 9.87. The van der Waals surface area contributed by atoms with Gasteiger partial charge in [0.2, 0.25) is 16.2 Å². The second-order valence-electron chi connectivity index (χ2n) is 12.4. The number of unbranched alkanes of at least 4 members (excludes halogenated alkanes) is 1. The van der Waals surface area contributed by atoms with E-state index in [0.717, 1.165) is 81.1 Å². The fraction of sp³-hybridized carbons (Fsp3) is 0.543. The molecule has 2 aliphatic heterocycles. The van der Waals surface area contributed by atoms with E-state index < -0.39 is 0 Å². The van der Waals surface area contributed by atoms with Gasteiger partial charge in [0.15, 0.2) is 0 Å². The Morgan fingerprint density at radius 2 is 1.69 bits per heavy atom. The van der Waals surface area contributed by atoms with Crippen LogP contribution in [0.4, 0.5) is 10.3 Å². The molecular weight excluding hydrogens is 584 g/mol. The van der Waals surface area contributed by atoms with E-state index >= 15 is 0 Å². The zero-order chi connectivity index (χ0) is 31.3. The number of carbonyl (C=O) groups is 2. The first kappa shape index (κ1) is 33.0. The number of amides is 2. The molecule has 2 amide bonds. The second-order valence-corrected chi connectivity index (χ2v) is 13.4. The first-order valence-electron chi connectivity index (χ1n) is 16.6. The average Bonchev–Trinajstić information content (AvgIpc) is 3.54. The van der Waals surface area contributed by atoms with Gasteiger partial charge in [-0.2, -0.15) is 0 Å². The molecule has 45 heavy (non-hydrogen) atoms. The van der Waals surface area contributed by atoms with Crippen LogP contribution in [-0.4, -0.2) is 72.8 Å². The second kappa shape index (κ2) is 17.4. The first-order valence-corrected chi connectivity index (χ1v) is 17.5. The topological polar surface area (TPSA) is 99.7 Å². The van der Waals surface area contributed by atoms with Crippen molar-refractivity contribution in [3.05, 3.63) is 71.3 Å². The third-order valence-electron chi connectivity index (χ3n) is 8.97. The van der Waals surface area contributed by atoms with Gasteiger partial charge in [-0.1, -0.05) is 67.1 Å². The average molecular weight is 633 g/mol. The maximum atomic E-state index is 12.8. The van der Waals surface area contributed by atoms with Gasteiger partial charge in [0, 0.05) is 31.8 Å². The van der Waals surface area contributed by atoms with Crippen molar-refractivity contribution < 1.29 is 14.3 Å². The molecule has 1 aromatic heterocycles. The Labute approximate surface area is 271 Å². The molecule has 2 fully saturated rings. The summed E-state index contributed by atoms with van der Waals surface area (Å²) in [5, 5.41) is 16.0. The maximum absolute atomic E-state index is 12.8. The molecule has 242 valence electrons. The van der Waals surface area contributed by atoms with Gasteiger partial charge in [0.25, 0.3) is 5.91 Å². The largest absolute Gasteiger partial charge is 0.377 e. The molecule has 2 aromatic carbocycles. The highest BCUT2D eigenvalue weighted by molar-refractivity contribution is 7.19. The molecule has 0 aliphatic carbocycles. The monoisotopic (exact) mass is 632 g/mol. The number of benzene rings is 2. The molecule has 2 aliphatic rings. The molecule has 0 radical (unpaired) electrons. The summed E-state index contributed by atoms with van der Waals surface area (Å²) in [5.74, 6) is 1.10. The number of rotatable bonds is 15. The highest BCUT2D eigenvalue weighted by Gasteiger charge is 2.23. The zero-order valence-corrected chi connectivity index (χ0v) is 27.4. The molecule has 0 saturated carbocycles. The molecule has 0 atom stereocenters. The standard InChI is InChI=1S/C35H48N6O3S/c1-2-3-17-40-18-12-29(13-19-40)25-36-33(43)31-11-7-10-30(23-31)26-44-22-16-27-14-20-41(21-15-27)35-39-38-34(45-35)37-32(42)24-28-8-5-4-6-9-28/h4-11,23,27,29H,2-3,12-22,24-26H2,1H3,(H,36,43)(H,37,38,42). The van der Waals surface area contributed by atoms with E-state index in [0.29, 0.717) is 42.2 Å². The maximum Gasteiger partial charge on any atom is 0.251 e. The first-order chi connectivity index (χ1) is 22.1. The summed E-state index contributed by atoms with van der Waals surface area (Å²) in [6.07, 6.45) is 8.33. The van der Waals surface area contributed by atoms with Crippen LogP contribution in [0, 0.1) is 11.8 Å². The number of likely N-dealkylation sites (tertiary alicyclic amines) is 1. The quantitative estimate of drug-likeness (QED) is 0.205. The minimum atomic E-state index is -0.0818. The molecule has 5 rings (SSSR count). The Bertz CT molecular complexity index is 1340. The van der Waals surface area contributed by atoms with Crippen molar-refractivity contribution in [2.75, 3.05) is 56.1 Å². The molecule has 3 aromatic rings. The molecule has 2 saturated heterocycles. The van der Waals surface area contributed by atoms with Gasteiger partial charge in [-0.05, 0) is 93.3 Å². The molecule has 2 N–H and O–H groups in total. The van der Waals surface area contributed by atoms with Crippen LogP contribution in [0.25, 0.3) is 0 Å². The van der Waals surface area contributed by atoms with Crippen molar-refractivity contribution in [2.24, 2.45) is 11.8 Å². The van der Waals surface area contributed by atoms with Crippen LogP contribution in [0.3, 0.4) is 0 Å². The van der Waals surface area contributed by atoms with Crippen molar-refractivity contribution in [1.29, 1.82) is 0 Å². The lowest BCUT2D eigenvalue weighted by molar-refractivity contribution is -0.115. The lowest BCUT2D eigenvalue weighted by atomic mass is 9.94. The van der Waals surface area contributed by atoms with Gasteiger partial charge in [-0.3, -0.25) is 9.59 Å². The van der Waals surface area contributed by atoms with Gasteiger partial charge >= 0.3 is 0 Å². The van der Waals surface area contributed by atoms with E-state index in [1.165, 1.54) is 30.7 Å². The molecular formula is C35H48N6O3S. The van der Waals surface area contributed by atoms with Crippen molar-refractivity contribution in [3.8, 4) is 0 Å². The Kier molecular flexibility index (Phi) is 12.8. The van der Waals surface area contributed by atoms with Crippen molar-refractivity contribution >= 4 is 33.4 Å². The number of hydrogen-bond acceptors (Lipinski definition) is 8. The number of anilines is 2. The summed E-state index contributed by atoms with van der Waals surface area (Å²) in [6, 6.07) is 17.5. The summed E-state index contributed by atoms with van der Waals surface area (Å²) in [7, 11) is 0. The minimum Gasteiger partial charge on any atom is -0.377 e.